The topological polar surface area (TPSA) is 15.3 Å². The summed E-state index contributed by atoms with van der Waals surface area (Å²) in [6, 6.07) is 0. The second-order valence-corrected chi connectivity index (χ2v) is 6.74. The van der Waals surface area contributed by atoms with Gasteiger partial charge >= 0.3 is 0 Å². The van der Waals surface area contributed by atoms with Gasteiger partial charge in [-0.15, -0.1) is 0 Å². The van der Waals surface area contributed by atoms with E-state index in [-0.39, 0.29) is 0 Å². The third-order valence-electron chi connectivity index (χ3n) is 3.59. The molecule has 0 bridgehead atoms. The summed E-state index contributed by atoms with van der Waals surface area (Å²) in [6.45, 7) is 9.61. The van der Waals surface area contributed by atoms with Crippen LogP contribution < -0.4 is 5.32 Å². The van der Waals surface area contributed by atoms with Crippen LogP contribution in [-0.4, -0.2) is 49.6 Å². The number of rotatable bonds is 7. The molecule has 1 rings (SSSR count). The average molecular weight is 244 g/mol. The van der Waals surface area contributed by atoms with Crippen LogP contribution in [0.3, 0.4) is 0 Å². The van der Waals surface area contributed by atoms with E-state index in [1.807, 2.05) is 11.8 Å². The van der Waals surface area contributed by atoms with E-state index >= 15 is 0 Å². The summed E-state index contributed by atoms with van der Waals surface area (Å²) in [4.78, 5) is 2.44. The van der Waals surface area contributed by atoms with Crippen molar-refractivity contribution >= 4 is 11.8 Å². The van der Waals surface area contributed by atoms with Crippen molar-refractivity contribution in [2.24, 2.45) is 5.41 Å². The molecule has 0 aliphatic carbocycles. The van der Waals surface area contributed by atoms with E-state index in [9.17, 15) is 0 Å². The molecule has 0 amide bonds. The van der Waals surface area contributed by atoms with Crippen molar-refractivity contribution < 1.29 is 0 Å². The Hall–Kier alpha value is 0.270. The largest absolute Gasteiger partial charge is 0.316 e. The monoisotopic (exact) mass is 244 g/mol. The van der Waals surface area contributed by atoms with Crippen LogP contribution in [0.25, 0.3) is 0 Å². The van der Waals surface area contributed by atoms with Crippen LogP contribution in [0, 0.1) is 5.41 Å². The highest BCUT2D eigenvalue weighted by atomic mass is 32.2. The van der Waals surface area contributed by atoms with Crippen molar-refractivity contribution in [2.75, 3.05) is 44.7 Å². The first-order valence-corrected chi connectivity index (χ1v) is 7.79. The fraction of sp³-hybridized carbons (Fsp3) is 1.00. The zero-order valence-corrected chi connectivity index (χ0v) is 12.0. The third kappa shape index (κ3) is 5.55. The van der Waals surface area contributed by atoms with Gasteiger partial charge in [-0.25, -0.2) is 0 Å². The van der Waals surface area contributed by atoms with Crippen molar-refractivity contribution in [3.63, 3.8) is 0 Å². The van der Waals surface area contributed by atoms with Gasteiger partial charge < -0.3 is 10.2 Å². The molecule has 96 valence electrons. The van der Waals surface area contributed by atoms with Gasteiger partial charge in [0.1, 0.15) is 0 Å². The summed E-state index contributed by atoms with van der Waals surface area (Å²) >= 11 is 2.05. The zero-order valence-electron chi connectivity index (χ0n) is 11.2. The van der Waals surface area contributed by atoms with E-state index in [0.717, 1.165) is 0 Å². The predicted octanol–water partition coefficient (Wildman–Crippen LogP) is 2.45. The number of nitrogens with one attached hydrogen (secondary N) is 1. The minimum atomic E-state index is 0.546. The summed E-state index contributed by atoms with van der Waals surface area (Å²) in [6.07, 6.45) is 4.01. The Morgan fingerprint density at radius 1 is 1.31 bits per heavy atom. The standard InChI is InChI=1S/C13H28N2S/c1-4-16-11-5-8-14-12-13(2)6-9-15(3)10-7-13/h14H,4-12H2,1-3H3. The number of hydrogen-bond donors (Lipinski definition) is 1. The first kappa shape index (κ1) is 14.3. The molecule has 0 unspecified atom stereocenters. The lowest BCUT2D eigenvalue weighted by atomic mass is 9.80. The Morgan fingerprint density at radius 2 is 2.00 bits per heavy atom. The summed E-state index contributed by atoms with van der Waals surface area (Å²) in [5.41, 5.74) is 0.546. The minimum absolute atomic E-state index is 0.546. The van der Waals surface area contributed by atoms with Gasteiger partial charge in [0.05, 0.1) is 0 Å². The zero-order chi connectivity index (χ0) is 11.9. The van der Waals surface area contributed by atoms with Crippen LogP contribution in [0.4, 0.5) is 0 Å². The quantitative estimate of drug-likeness (QED) is 0.693. The lowest BCUT2D eigenvalue weighted by Crippen LogP contribution is -2.42. The maximum atomic E-state index is 3.64. The third-order valence-corrected chi connectivity index (χ3v) is 4.58. The smallest absolute Gasteiger partial charge is 0.000612 e. The van der Waals surface area contributed by atoms with Crippen molar-refractivity contribution in [3.05, 3.63) is 0 Å². The second-order valence-electron chi connectivity index (χ2n) is 5.34. The Bertz CT molecular complexity index is 177. The van der Waals surface area contributed by atoms with E-state index in [0.29, 0.717) is 5.41 Å². The van der Waals surface area contributed by atoms with Crippen LogP contribution in [0.5, 0.6) is 0 Å². The van der Waals surface area contributed by atoms with Gasteiger partial charge in [-0.2, -0.15) is 11.8 Å². The lowest BCUT2D eigenvalue weighted by molar-refractivity contribution is 0.137. The fourth-order valence-corrected chi connectivity index (χ4v) is 2.81. The summed E-state index contributed by atoms with van der Waals surface area (Å²) < 4.78 is 0. The highest BCUT2D eigenvalue weighted by Gasteiger charge is 2.27. The number of piperidine rings is 1. The van der Waals surface area contributed by atoms with Gasteiger partial charge in [0.25, 0.3) is 0 Å². The highest BCUT2D eigenvalue weighted by molar-refractivity contribution is 7.99. The summed E-state index contributed by atoms with van der Waals surface area (Å²) in [5, 5.41) is 3.64. The molecule has 16 heavy (non-hydrogen) atoms. The maximum absolute atomic E-state index is 3.64. The average Bonchev–Trinajstić information content (AvgIpc) is 2.28. The molecule has 1 fully saturated rings. The SMILES string of the molecule is CCSCCCNCC1(C)CCN(C)CC1. The number of nitrogens with zero attached hydrogens (tertiary/aromatic N) is 1. The Labute approximate surface area is 106 Å². The van der Waals surface area contributed by atoms with E-state index in [4.69, 9.17) is 0 Å². The fourth-order valence-electron chi connectivity index (χ4n) is 2.17. The number of thioether (sulfide) groups is 1. The molecule has 1 saturated heterocycles. The molecule has 0 aromatic heterocycles. The molecule has 2 nitrogen and oxygen atoms in total. The number of hydrogen-bond acceptors (Lipinski definition) is 3. The van der Waals surface area contributed by atoms with Crippen molar-refractivity contribution in [1.29, 1.82) is 0 Å². The molecule has 0 aromatic rings. The molecule has 0 spiro atoms. The maximum Gasteiger partial charge on any atom is 0.000612 e. The molecular formula is C13H28N2S. The molecule has 0 aromatic carbocycles. The molecule has 0 atom stereocenters. The molecule has 1 aliphatic heterocycles. The van der Waals surface area contributed by atoms with Crippen LogP contribution >= 0.6 is 11.8 Å². The Morgan fingerprint density at radius 3 is 2.62 bits per heavy atom. The van der Waals surface area contributed by atoms with E-state index in [2.05, 4.69) is 31.1 Å². The second kappa shape index (κ2) is 7.57. The Kier molecular flexibility index (Phi) is 6.78. The molecule has 1 N–H and O–H groups in total. The summed E-state index contributed by atoms with van der Waals surface area (Å²) in [7, 11) is 2.23. The van der Waals surface area contributed by atoms with Crippen molar-refractivity contribution in [1.82, 2.24) is 10.2 Å². The van der Waals surface area contributed by atoms with E-state index in [1.54, 1.807) is 0 Å². The molecule has 1 aliphatic rings. The van der Waals surface area contributed by atoms with Crippen LogP contribution in [0.2, 0.25) is 0 Å². The van der Waals surface area contributed by atoms with Crippen LogP contribution in [0.1, 0.15) is 33.1 Å². The van der Waals surface area contributed by atoms with E-state index in [1.165, 1.54) is 56.9 Å². The first-order valence-electron chi connectivity index (χ1n) is 6.63. The molecule has 3 heteroatoms. The molecular weight excluding hydrogens is 216 g/mol. The van der Waals surface area contributed by atoms with Gasteiger partial charge in [0.15, 0.2) is 0 Å². The highest BCUT2D eigenvalue weighted by Crippen LogP contribution is 2.29. The lowest BCUT2D eigenvalue weighted by Gasteiger charge is -2.38. The van der Waals surface area contributed by atoms with Gasteiger partial charge in [0, 0.05) is 6.54 Å². The van der Waals surface area contributed by atoms with Crippen LogP contribution in [-0.2, 0) is 0 Å². The normalized spacial score (nSPS) is 21.2. The minimum Gasteiger partial charge on any atom is -0.316 e. The van der Waals surface area contributed by atoms with Crippen molar-refractivity contribution in [2.45, 2.75) is 33.1 Å². The van der Waals surface area contributed by atoms with Gasteiger partial charge in [-0.05, 0) is 62.9 Å². The van der Waals surface area contributed by atoms with Gasteiger partial charge in [-0.1, -0.05) is 13.8 Å². The number of likely N-dealkylation sites (tertiary alicyclic amines) is 1. The Balaban J connectivity index is 2.03. The first-order chi connectivity index (χ1) is 7.66. The summed E-state index contributed by atoms with van der Waals surface area (Å²) in [5.74, 6) is 2.56. The van der Waals surface area contributed by atoms with Crippen molar-refractivity contribution in [3.8, 4) is 0 Å². The van der Waals surface area contributed by atoms with Gasteiger partial charge in [0.2, 0.25) is 0 Å². The van der Waals surface area contributed by atoms with Crippen LogP contribution in [0.15, 0.2) is 0 Å². The molecule has 1 heterocycles. The molecule has 0 saturated carbocycles. The predicted molar refractivity (Wildman–Crippen MR) is 75.3 cm³/mol. The molecule has 0 radical (unpaired) electrons. The van der Waals surface area contributed by atoms with E-state index < -0.39 is 0 Å². The van der Waals surface area contributed by atoms with Gasteiger partial charge in [-0.3, -0.25) is 0 Å².